The van der Waals surface area contributed by atoms with E-state index in [9.17, 15) is 0 Å². The molecular weight excluding hydrogens is 483 g/mol. The van der Waals surface area contributed by atoms with E-state index in [4.69, 9.17) is 9.73 Å². The van der Waals surface area contributed by atoms with Crippen LogP contribution < -0.4 is 15.4 Å². The van der Waals surface area contributed by atoms with Crippen LogP contribution in [-0.2, 0) is 6.54 Å². The molecule has 1 aromatic carbocycles. The Morgan fingerprint density at radius 3 is 2.75 bits per heavy atom. The number of rotatable bonds is 8. The zero-order chi connectivity index (χ0) is 18.9. The van der Waals surface area contributed by atoms with E-state index >= 15 is 0 Å². The third-order valence-electron chi connectivity index (χ3n) is 4.87. The second-order valence-corrected chi connectivity index (χ2v) is 7.52. The van der Waals surface area contributed by atoms with E-state index < -0.39 is 0 Å². The molecule has 0 amide bonds. The fourth-order valence-electron chi connectivity index (χ4n) is 3.45. The number of methoxy groups -OCH3 is 1. The van der Waals surface area contributed by atoms with Crippen LogP contribution >= 0.6 is 35.3 Å². The number of hydrogen-bond acceptors (Lipinski definition) is 4. The van der Waals surface area contributed by atoms with E-state index in [0.717, 1.165) is 37.9 Å². The zero-order valence-corrected chi connectivity index (χ0v) is 19.8. The van der Waals surface area contributed by atoms with Crippen LogP contribution in [0, 0.1) is 0 Å². The number of aliphatic imine (C=N–C) groups is 1. The highest BCUT2D eigenvalue weighted by atomic mass is 127. The van der Waals surface area contributed by atoms with Crippen molar-refractivity contribution in [2.75, 3.05) is 33.3 Å². The molecule has 2 heterocycles. The van der Waals surface area contributed by atoms with Gasteiger partial charge in [-0.05, 0) is 72.9 Å². The number of nitrogens with zero attached hydrogens (tertiary/aromatic N) is 2. The van der Waals surface area contributed by atoms with Crippen LogP contribution in [0.4, 0.5) is 0 Å². The Bertz CT molecular complexity index is 717. The van der Waals surface area contributed by atoms with Crippen molar-refractivity contribution in [2.45, 2.75) is 32.4 Å². The molecule has 1 saturated heterocycles. The smallest absolute Gasteiger partial charge is 0.191 e. The Labute approximate surface area is 189 Å². The molecule has 3 rings (SSSR count). The van der Waals surface area contributed by atoms with Crippen LogP contribution in [0.3, 0.4) is 0 Å². The average molecular weight is 514 g/mol. The molecule has 1 aliphatic rings. The molecule has 0 saturated carbocycles. The van der Waals surface area contributed by atoms with Crippen LogP contribution in [0.1, 0.15) is 36.9 Å². The zero-order valence-electron chi connectivity index (χ0n) is 16.7. The first-order valence-electron chi connectivity index (χ1n) is 9.71. The number of thiophene rings is 1. The number of guanidine groups is 1. The summed E-state index contributed by atoms with van der Waals surface area (Å²) >= 11 is 1.71. The van der Waals surface area contributed by atoms with Gasteiger partial charge in [-0.25, -0.2) is 4.99 Å². The lowest BCUT2D eigenvalue weighted by Gasteiger charge is -2.29. The topological polar surface area (TPSA) is 48.9 Å². The highest BCUT2D eigenvalue weighted by Crippen LogP contribution is 2.27. The molecule has 1 aromatic heterocycles. The lowest BCUT2D eigenvalue weighted by atomic mass is 10.1. The van der Waals surface area contributed by atoms with Crippen molar-refractivity contribution in [1.82, 2.24) is 15.5 Å². The summed E-state index contributed by atoms with van der Waals surface area (Å²) in [6.07, 6.45) is 2.54. The van der Waals surface area contributed by atoms with Crippen LogP contribution in [0.25, 0.3) is 0 Å². The van der Waals surface area contributed by atoms with E-state index in [-0.39, 0.29) is 24.0 Å². The second kappa shape index (κ2) is 12.3. The molecule has 0 spiro atoms. The van der Waals surface area contributed by atoms with Gasteiger partial charge in [-0.2, -0.15) is 11.3 Å². The average Bonchev–Trinajstić information content (AvgIpc) is 3.40. The molecule has 2 aromatic rings. The largest absolute Gasteiger partial charge is 0.497 e. The molecule has 154 valence electrons. The van der Waals surface area contributed by atoms with Crippen molar-refractivity contribution in [3.05, 3.63) is 52.2 Å². The molecule has 5 nitrogen and oxygen atoms in total. The summed E-state index contributed by atoms with van der Waals surface area (Å²) in [6, 6.07) is 10.9. The van der Waals surface area contributed by atoms with Gasteiger partial charge in [0, 0.05) is 13.1 Å². The molecule has 0 radical (unpaired) electrons. The predicted molar refractivity (Wildman–Crippen MR) is 129 cm³/mol. The minimum absolute atomic E-state index is 0. The molecule has 0 bridgehead atoms. The van der Waals surface area contributed by atoms with Crippen molar-refractivity contribution in [2.24, 2.45) is 4.99 Å². The minimum atomic E-state index is 0. The summed E-state index contributed by atoms with van der Waals surface area (Å²) in [7, 11) is 1.72. The highest BCUT2D eigenvalue weighted by molar-refractivity contribution is 14.0. The minimum Gasteiger partial charge on any atom is -0.497 e. The lowest BCUT2D eigenvalue weighted by molar-refractivity contribution is 0.245. The van der Waals surface area contributed by atoms with Crippen molar-refractivity contribution in [3.8, 4) is 5.75 Å². The van der Waals surface area contributed by atoms with E-state index in [1.165, 1.54) is 24.0 Å². The summed E-state index contributed by atoms with van der Waals surface area (Å²) in [5, 5.41) is 11.2. The highest BCUT2D eigenvalue weighted by Gasteiger charge is 2.24. The predicted octanol–water partition coefficient (Wildman–Crippen LogP) is 4.27. The van der Waals surface area contributed by atoms with E-state index in [0.29, 0.717) is 12.6 Å². The summed E-state index contributed by atoms with van der Waals surface area (Å²) < 4.78 is 5.44. The summed E-state index contributed by atoms with van der Waals surface area (Å²) in [5.41, 5.74) is 2.54. The summed E-state index contributed by atoms with van der Waals surface area (Å²) in [5.74, 6) is 1.78. The van der Waals surface area contributed by atoms with Gasteiger partial charge < -0.3 is 15.4 Å². The Kier molecular flexibility index (Phi) is 10.1. The second-order valence-electron chi connectivity index (χ2n) is 6.74. The van der Waals surface area contributed by atoms with Gasteiger partial charge in [-0.1, -0.05) is 12.1 Å². The van der Waals surface area contributed by atoms with Crippen molar-refractivity contribution in [1.29, 1.82) is 0 Å². The maximum atomic E-state index is 5.44. The van der Waals surface area contributed by atoms with Crippen molar-refractivity contribution >= 4 is 41.3 Å². The normalized spacial score (nSPS) is 15.7. The van der Waals surface area contributed by atoms with Gasteiger partial charge in [0.25, 0.3) is 0 Å². The number of halogens is 1. The van der Waals surface area contributed by atoms with Crippen LogP contribution in [0.2, 0.25) is 0 Å². The van der Waals surface area contributed by atoms with Gasteiger partial charge in [0.1, 0.15) is 5.75 Å². The van der Waals surface area contributed by atoms with Crippen LogP contribution in [-0.4, -0.2) is 44.1 Å². The van der Waals surface area contributed by atoms with Crippen molar-refractivity contribution in [3.63, 3.8) is 0 Å². The quantitative estimate of drug-likeness (QED) is 0.314. The van der Waals surface area contributed by atoms with Crippen LogP contribution in [0.15, 0.2) is 46.1 Å². The molecule has 1 atom stereocenters. The van der Waals surface area contributed by atoms with Gasteiger partial charge in [-0.3, -0.25) is 4.90 Å². The van der Waals surface area contributed by atoms with Crippen molar-refractivity contribution < 1.29 is 4.74 Å². The monoisotopic (exact) mass is 514 g/mol. The first-order chi connectivity index (χ1) is 13.3. The molecule has 1 aliphatic heterocycles. The maximum Gasteiger partial charge on any atom is 0.191 e. The van der Waals surface area contributed by atoms with Gasteiger partial charge in [0.05, 0.1) is 19.7 Å². The molecule has 1 fully saturated rings. The SMILES string of the molecule is CCNC(=NCc1ccsc1)NCC(c1cccc(OC)c1)N1CCCC1.I. The van der Waals surface area contributed by atoms with E-state index in [1.807, 2.05) is 6.07 Å². The third kappa shape index (κ3) is 6.63. The molecule has 7 heteroatoms. The summed E-state index contributed by atoms with van der Waals surface area (Å²) in [6.45, 7) is 6.76. The number of benzene rings is 1. The Morgan fingerprint density at radius 1 is 1.25 bits per heavy atom. The van der Waals surface area contributed by atoms with Gasteiger partial charge in [0.15, 0.2) is 5.96 Å². The Hall–Kier alpha value is -1.32. The molecule has 28 heavy (non-hydrogen) atoms. The maximum absolute atomic E-state index is 5.44. The first kappa shape index (κ1) is 23.0. The fraction of sp³-hybridized carbons (Fsp3) is 0.476. The molecule has 0 aliphatic carbocycles. The van der Waals surface area contributed by atoms with Gasteiger partial charge >= 0.3 is 0 Å². The van der Waals surface area contributed by atoms with Gasteiger partial charge in [-0.15, -0.1) is 24.0 Å². The molecule has 2 N–H and O–H groups in total. The molecule has 1 unspecified atom stereocenters. The van der Waals surface area contributed by atoms with E-state index in [1.54, 1.807) is 18.4 Å². The number of likely N-dealkylation sites (tertiary alicyclic amines) is 1. The number of ether oxygens (including phenoxy) is 1. The standard InChI is InChI=1S/C21H30N4OS.HI/c1-3-22-21(23-14-17-9-12-27-16-17)24-15-20(25-10-4-5-11-25)18-7-6-8-19(13-18)26-2;/h6-9,12-13,16,20H,3-5,10-11,14-15H2,1-2H3,(H2,22,23,24);1H. The third-order valence-corrected chi connectivity index (χ3v) is 5.60. The summed E-state index contributed by atoms with van der Waals surface area (Å²) in [4.78, 5) is 7.30. The fourth-order valence-corrected chi connectivity index (χ4v) is 4.11. The number of nitrogens with one attached hydrogen (secondary N) is 2. The Balaban J connectivity index is 0.00000280. The van der Waals surface area contributed by atoms with Gasteiger partial charge in [0.2, 0.25) is 0 Å². The Morgan fingerprint density at radius 2 is 2.07 bits per heavy atom. The van der Waals surface area contributed by atoms with E-state index in [2.05, 4.69) is 57.5 Å². The first-order valence-corrected chi connectivity index (χ1v) is 10.7. The lowest BCUT2D eigenvalue weighted by Crippen LogP contribution is -2.42. The number of hydrogen-bond donors (Lipinski definition) is 2. The van der Waals surface area contributed by atoms with Crippen LogP contribution in [0.5, 0.6) is 5.75 Å². The molecular formula is C21H31IN4OS.